The summed E-state index contributed by atoms with van der Waals surface area (Å²) in [5.74, 6) is 0.828. The van der Waals surface area contributed by atoms with E-state index in [4.69, 9.17) is 14.5 Å². The Hall–Kier alpha value is -2.02. The van der Waals surface area contributed by atoms with Crippen molar-refractivity contribution in [2.75, 3.05) is 19.5 Å². The zero-order chi connectivity index (χ0) is 15.8. The molecule has 0 aromatic heterocycles. The first-order chi connectivity index (χ1) is 10.7. The topological polar surface area (TPSA) is 64.8 Å². The van der Waals surface area contributed by atoms with E-state index in [1.54, 1.807) is 18.0 Å². The largest absolute Gasteiger partial charge is 0.399 e. The fourth-order valence-electron chi connectivity index (χ4n) is 1.75. The maximum absolute atomic E-state index is 5.22. The summed E-state index contributed by atoms with van der Waals surface area (Å²) in [6.07, 6.45) is 1.69. The van der Waals surface area contributed by atoms with Gasteiger partial charge in [0.05, 0.1) is 6.21 Å². The van der Waals surface area contributed by atoms with Crippen LogP contribution in [0, 0.1) is 0 Å². The monoisotopic (exact) mass is 321 g/mol. The van der Waals surface area contributed by atoms with Crippen LogP contribution in [0.25, 0.3) is 0 Å². The molecule has 0 saturated carbocycles. The molecule has 1 aliphatic rings. The van der Waals surface area contributed by atoms with E-state index in [1.807, 2.05) is 38.1 Å². The molecule has 2 rings (SSSR count). The average molecular weight is 321 g/mol. The molecule has 1 heterocycles. The van der Waals surface area contributed by atoms with E-state index in [0.717, 1.165) is 16.9 Å². The number of benzene rings is 1. The summed E-state index contributed by atoms with van der Waals surface area (Å²) < 4.78 is 0. The molecule has 0 amide bonds. The summed E-state index contributed by atoms with van der Waals surface area (Å²) in [7, 11) is 1.51. The Kier molecular flexibility index (Phi) is 6.27. The van der Waals surface area contributed by atoms with Gasteiger partial charge in [-0.15, -0.1) is 0 Å². The summed E-state index contributed by atoms with van der Waals surface area (Å²) in [5, 5.41) is 12.9. The van der Waals surface area contributed by atoms with Crippen LogP contribution in [0.15, 0.2) is 39.7 Å². The number of nitrogens with zero attached hydrogens (tertiary/aromatic N) is 3. The average Bonchev–Trinajstić information content (AvgIpc) is 2.54. The van der Waals surface area contributed by atoms with Crippen molar-refractivity contribution in [1.82, 2.24) is 0 Å². The normalized spacial score (nSPS) is 15.6. The van der Waals surface area contributed by atoms with Gasteiger partial charge < -0.3 is 14.5 Å². The molecule has 118 valence electrons. The second kappa shape index (κ2) is 8.43. The third-order valence-corrected chi connectivity index (χ3v) is 3.54. The van der Waals surface area contributed by atoms with Crippen LogP contribution >= 0.6 is 11.8 Å². The first kappa shape index (κ1) is 16.4. The van der Waals surface area contributed by atoms with Crippen LogP contribution in [0.1, 0.15) is 25.0 Å². The zero-order valence-electron chi connectivity index (χ0n) is 12.9. The lowest BCUT2D eigenvalue weighted by atomic mass is 10.0. The van der Waals surface area contributed by atoms with Gasteiger partial charge in [0.1, 0.15) is 25.5 Å². The maximum Gasteiger partial charge on any atom is 0.165 e. The van der Waals surface area contributed by atoms with Crippen LogP contribution in [-0.4, -0.2) is 42.5 Å². The van der Waals surface area contributed by atoms with Gasteiger partial charge in [0, 0.05) is 16.9 Å². The second-order valence-corrected chi connectivity index (χ2v) is 5.76. The zero-order valence-corrected chi connectivity index (χ0v) is 13.7. The Morgan fingerprint density at radius 1 is 1.41 bits per heavy atom. The van der Waals surface area contributed by atoms with Gasteiger partial charge in [-0.3, -0.25) is 0 Å². The first-order valence-electron chi connectivity index (χ1n) is 6.95. The van der Waals surface area contributed by atoms with Crippen molar-refractivity contribution in [2.24, 2.45) is 15.5 Å². The third-order valence-electron chi connectivity index (χ3n) is 2.63. The molecular formula is C15H19N3O3S. The second-order valence-electron chi connectivity index (χ2n) is 4.68. The van der Waals surface area contributed by atoms with Crippen LogP contribution in [0.2, 0.25) is 0 Å². The molecule has 7 heteroatoms. The summed E-state index contributed by atoms with van der Waals surface area (Å²) in [6, 6.07) is 7.72. The molecule has 0 aliphatic carbocycles. The fourth-order valence-corrected chi connectivity index (χ4v) is 2.49. The predicted molar refractivity (Wildman–Crippen MR) is 89.6 cm³/mol. The van der Waals surface area contributed by atoms with E-state index in [0.29, 0.717) is 17.4 Å². The quantitative estimate of drug-likeness (QED) is 0.597. The van der Waals surface area contributed by atoms with E-state index in [9.17, 15) is 0 Å². The highest BCUT2D eigenvalue weighted by molar-refractivity contribution is 8.15. The van der Waals surface area contributed by atoms with Gasteiger partial charge in [-0.05, 0) is 13.8 Å². The number of hydrogen-bond acceptors (Lipinski definition) is 7. The first-order valence-corrected chi connectivity index (χ1v) is 7.93. The van der Waals surface area contributed by atoms with Gasteiger partial charge in [-0.1, -0.05) is 51.5 Å². The Morgan fingerprint density at radius 2 is 2.23 bits per heavy atom. The van der Waals surface area contributed by atoms with E-state index in [2.05, 4.69) is 15.5 Å². The lowest BCUT2D eigenvalue weighted by molar-refractivity contribution is 0.0873. The highest BCUT2D eigenvalue weighted by atomic mass is 32.2. The molecule has 0 bridgehead atoms. The van der Waals surface area contributed by atoms with Gasteiger partial charge in [-0.2, -0.15) is 0 Å². The van der Waals surface area contributed by atoms with Gasteiger partial charge in [0.2, 0.25) is 0 Å². The van der Waals surface area contributed by atoms with E-state index < -0.39 is 0 Å². The van der Waals surface area contributed by atoms with E-state index >= 15 is 0 Å². The molecule has 0 saturated heterocycles. The lowest BCUT2D eigenvalue weighted by Crippen LogP contribution is -2.19. The van der Waals surface area contributed by atoms with Crippen LogP contribution < -0.4 is 0 Å². The van der Waals surface area contributed by atoms with Crippen molar-refractivity contribution in [1.29, 1.82) is 0 Å². The smallest absolute Gasteiger partial charge is 0.165 e. The third kappa shape index (κ3) is 4.49. The minimum atomic E-state index is 0.0298. The number of oxime groups is 3. The molecule has 22 heavy (non-hydrogen) atoms. The summed E-state index contributed by atoms with van der Waals surface area (Å²) in [6.45, 7) is 4.44. The van der Waals surface area contributed by atoms with Crippen molar-refractivity contribution in [3.63, 3.8) is 0 Å². The standard InChI is InChI=1S/C15H19N3O3S/c1-11(2)21-16-10-12-6-4-5-7-13(12)14(17-19-3)15-18-20-8-9-22-15/h4-7,10-11H,8-9H2,1-3H3/b16-10+,17-14+. The van der Waals surface area contributed by atoms with Crippen molar-refractivity contribution in [3.8, 4) is 0 Å². The Bertz CT molecular complexity index is 585. The van der Waals surface area contributed by atoms with Crippen molar-refractivity contribution < 1.29 is 14.5 Å². The maximum atomic E-state index is 5.22. The molecular weight excluding hydrogens is 302 g/mol. The summed E-state index contributed by atoms with van der Waals surface area (Å²) in [4.78, 5) is 15.4. The van der Waals surface area contributed by atoms with Crippen molar-refractivity contribution >= 4 is 28.7 Å². The Morgan fingerprint density at radius 3 is 2.91 bits per heavy atom. The fraction of sp³-hybridized carbons (Fsp3) is 0.400. The van der Waals surface area contributed by atoms with E-state index in [-0.39, 0.29) is 6.10 Å². The summed E-state index contributed by atoms with van der Waals surface area (Å²) >= 11 is 1.58. The molecule has 0 spiro atoms. The molecule has 0 radical (unpaired) electrons. The van der Waals surface area contributed by atoms with Crippen LogP contribution in [0.3, 0.4) is 0 Å². The van der Waals surface area contributed by atoms with Crippen LogP contribution in [0.4, 0.5) is 0 Å². The molecule has 0 fully saturated rings. The molecule has 1 aromatic rings. The highest BCUT2D eigenvalue weighted by Crippen LogP contribution is 2.18. The van der Waals surface area contributed by atoms with Crippen LogP contribution in [-0.2, 0) is 14.5 Å². The number of hydrogen-bond donors (Lipinski definition) is 0. The molecule has 1 aliphatic heterocycles. The summed E-state index contributed by atoms with van der Waals surface area (Å²) in [5.41, 5.74) is 2.35. The predicted octanol–water partition coefficient (Wildman–Crippen LogP) is 2.87. The number of thioether (sulfide) groups is 1. The molecule has 1 aromatic carbocycles. The minimum absolute atomic E-state index is 0.0298. The Balaban J connectivity index is 2.34. The molecule has 0 N–H and O–H groups in total. The lowest BCUT2D eigenvalue weighted by Gasteiger charge is -2.14. The Labute approximate surface area is 134 Å². The minimum Gasteiger partial charge on any atom is -0.399 e. The number of rotatable bonds is 6. The van der Waals surface area contributed by atoms with Crippen molar-refractivity contribution in [3.05, 3.63) is 35.4 Å². The van der Waals surface area contributed by atoms with E-state index in [1.165, 1.54) is 7.11 Å². The highest BCUT2D eigenvalue weighted by Gasteiger charge is 2.19. The molecule has 0 atom stereocenters. The van der Waals surface area contributed by atoms with Gasteiger partial charge in [0.25, 0.3) is 0 Å². The van der Waals surface area contributed by atoms with Gasteiger partial charge >= 0.3 is 0 Å². The molecule has 6 nitrogen and oxygen atoms in total. The van der Waals surface area contributed by atoms with Crippen molar-refractivity contribution in [2.45, 2.75) is 20.0 Å². The van der Waals surface area contributed by atoms with Gasteiger partial charge in [-0.25, -0.2) is 0 Å². The van der Waals surface area contributed by atoms with Gasteiger partial charge in [0.15, 0.2) is 5.04 Å². The van der Waals surface area contributed by atoms with Crippen LogP contribution in [0.5, 0.6) is 0 Å². The SMILES string of the molecule is CO/N=C(/C1=NOCCS1)c1ccccc1/C=N/OC(C)C. The molecule has 0 unspecified atom stereocenters.